The maximum absolute atomic E-state index is 13.0. The summed E-state index contributed by atoms with van der Waals surface area (Å²) in [6.07, 6.45) is -0.979. The monoisotopic (exact) mass is 408 g/mol. The molecular weight excluding hydrogens is 392 g/mol. The van der Waals surface area contributed by atoms with E-state index in [0.29, 0.717) is 11.1 Å². The number of ketones is 1. The SMILES string of the molecule is O=C(O[C@@H](C(=O)c1ccccc1)[C@H](Br)c1ccccc1)c1ccccc1. The summed E-state index contributed by atoms with van der Waals surface area (Å²) in [5.41, 5.74) is 1.77. The van der Waals surface area contributed by atoms with Crippen LogP contribution < -0.4 is 0 Å². The van der Waals surface area contributed by atoms with Crippen LogP contribution in [0.25, 0.3) is 0 Å². The van der Waals surface area contributed by atoms with Gasteiger partial charge >= 0.3 is 5.97 Å². The molecule has 0 aliphatic carbocycles. The third-order valence-corrected chi connectivity index (χ3v) is 4.95. The molecule has 0 aliphatic heterocycles. The fourth-order valence-corrected chi connectivity index (χ4v) is 3.24. The molecule has 0 amide bonds. The quantitative estimate of drug-likeness (QED) is 0.318. The Bertz CT molecular complexity index is 864. The molecule has 26 heavy (non-hydrogen) atoms. The molecule has 3 aromatic rings. The minimum Gasteiger partial charge on any atom is -0.449 e. The van der Waals surface area contributed by atoms with Crippen LogP contribution in [0.2, 0.25) is 0 Å². The van der Waals surface area contributed by atoms with Crippen molar-refractivity contribution in [3.8, 4) is 0 Å². The highest BCUT2D eigenvalue weighted by Crippen LogP contribution is 2.31. The maximum Gasteiger partial charge on any atom is 0.338 e. The van der Waals surface area contributed by atoms with Gasteiger partial charge in [0.1, 0.15) is 0 Å². The van der Waals surface area contributed by atoms with Crippen LogP contribution >= 0.6 is 15.9 Å². The van der Waals surface area contributed by atoms with Crippen molar-refractivity contribution < 1.29 is 14.3 Å². The average molecular weight is 409 g/mol. The number of carbonyl (C=O) groups excluding carboxylic acids is 2. The zero-order valence-corrected chi connectivity index (χ0v) is 15.5. The second-order valence-electron chi connectivity index (χ2n) is 5.73. The Hall–Kier alpha value is -2.72. The van der Waals surface area contributed by atoms with Crippen LogP contribution in [0.4, 0.5) is 0 Å². The number of Topliss-reactive ketones (excluding diaryl/α,β-unsaturated/α-hetero) is 1. The van der Waals surface area contributed by atoms with E-state index in [9.17, 15) is 9.59 Å². The van der Waals surface area contributed by atoms with Crippen LogP contribution in [0.5, 0.6) is 0 Å². The third kappa shape index (κ3) is 4.27. The molecule has 0 spiro atoms. The standard InChI is InChI=1S/C22H17BrO3/c23-19(16-10-4-1-5-11-16)21(20(24)17-12-6-2-7-13-17)26-22(25)18-14-8-3-9-15-18/h1-15,19,21H/t19-,21-/m1/s1. The van der Waals surface area contributed by atoms with Crippen LogP contribution in [-0.2, 0) is 4.74 Å². The van der Waals surface area contributed by atoms with E-state index in [4.69, 9.17) is 4.74 Å². The minimum absolute atomic E-state index is 0.249. The zero-order chi connectivity index (χ0) is 18.4. The molecule has 0 radical (unpaired) electrons. The van der Waals surface area contributed by atoms with Crippen molar-refractivity contribution in [3.63, 3.8) is 0 Å². The molecule has 4 heteroatoms. The minimum atomic E-state index is -0.979. The lowest BCUT2D eigenvalue weighted by Gasteiger charge is -2.22. The Balaban J connectivity index is 1.91. The fourth-order valence-electron chi connectivity index (χ4n) is 2.58. The number of hydrogen-bond donors (Lipinski definition) is 0. The maximum atomic E-state index is 13.0. The molecule has 0 N–H and O–H groups in total. The Labute approximate surface area is 160 Å². The predicted molar refractivity (Wildman–Crippen MR) is 105 cm³/mol. The Kier molecular flexibility index (Phi) is 5.97. The van der Waals surface area contributed by atoms with Gasteiger partial charge in [0, 0.05) is 5.56 Å². The number of esters is 1. The number of carbonyl (C=O) groups is 2. The first-order valence-corrected chi connectivity index (χ1v) is 9.12. The number of alkyl halides is 1. The van der Waals surface area contributed by atoms with Crippen molar-refractivity contribution in [2.45, 2.75) is 10.9 Å². The Morgan fingerprint density at radius 1 is 0.692 bits per heavy atom. The first-order chi connectivity index (χ1) is 12.7. The molecule has 0 fully saturated rings. The Morgan fingerprint density at radius 3 is 1.69 bits per heavy atom. The molecule has 2 atom stereocenters. The van der Waals surface area contributed by atoms with Crippen LogP contribution in [0, 0.1) is 0 Å². The van der Waals surface area contributed by atoms with Crippen LogP contribution in [-0.4, -0.2) is 17.9 Å². The molecule has 3 nitrogen and oxygen atoms in total. The molecule has 3 rings (SSSR count). The first-order valence-electron chi connectivity index (χ1n) is 8.21. The molecule has 0 saturated heterocycles. The van der Waals surface area contributed by atoms with Gasteiger partial charge in [0.15, 0.2) is 6.10 Å². The van der Waals surface area contributed by atoms with E-state index in [-0.39, 0.29) is 5.78 Å². The molecule has 0 unspecified atom stereocenters. The molecule has 3 aromatic carbocycles. The second-order valence-corrected chi connectivity index (χ2v) is 6.72. The van der Waals surface area contributed by atoms with Crippen molar-refractivity contribution in [1.29, 1.82) is 0 Å². The predicted octanol–water partition coefficient (Wildman–Crippen LogP) is 5.23. The smallest absolute Gasteiger partial charge is 0.338 e. The molecule has 130 valence electrons. The van der Waals surface area contributed by atoms with E-state index in [0.717, 1.165) is 5.56 Å². The topological polar surface area (TPSA) is 43.4 Å². The van der Waals surface area contributed by atoms with Crippen LogP contribution in [0.3, 0.4) is 0 Å². The van der Waals surface area contributed by atoms with Gasteiger partial charge in [-0.15, -0.1) is 0 Å². The molecule has 0 bridgehead atoms. The summed E-state index contributed by atoms with van der Waals surface area (Å²) in [4.78, 5) is 25.1. The van der Waals surface area contributed by atoms with Gasteiger partial charge in [-0.2, -0.15) is 0 Å². The van der Waals surface area contributed by atoms with E-state index in [1.807, 2.05) is 42.5 Å². The molecule has 0 saturated carbocycles. The summed E-state index contributed by atoms with van der Waals surface area (Å²) in [6, 6.07) is 27.0. The lowest BCUT2D eigenvalue weighted by molar-refractivity contribution is 0.0282. The van der Waals surface area contributed by atoms with E-state index in [2.05, 4.69) is 15.9 Å². The van der Waals surface area contributed by atoms with Crippen molar-refractivity contribution in [2.75, 3.05) is 0 Å². The number of benzene rings is 3. The van der Waals surface area contributed by atoms with Gasteiger partial charge in [-0.05, 0) is 17.7 Å². The summed E-state index contributed by atoms with van der Waals surface area (Å²) < 4.78 is 5.63. The largest absolute Gasteiger partial charge is 0.449 e. The van der Waals surface area contributed by atoms with Crippen molar-refractivity contribution in [2.24, 2.45) is 0 Å². The number of ether oxygens (including phenoxy) is 1. The van der Waals surface area contributed by atoms with Crippen LogP contribution in [0.15, 0.2) is 91.0 Å². The molecule has 0 aromatic heterocycles. The Morgan fingerprint density at radius 2 is 1.15 bits per heavy atom. The summed E-state index contributed by atoms with van der Waals surface area (Å²) in [5.74, 6) is -0.777. The highest BCUT2D eigenvalue weighted by Gasteiger charge is 2.32. The average Bonchev–Trinajstić information content (AvgIpc) is 2.73. The van der Waals surface area contributed by atoms with Crippen molar-refractivity contribution in [1.82, 2.24) is 0 Å². The lowest BCUT2D eigenvalue weighted by atomic mass is 9.99. The second kappa shape index (κ2) is 8.59. The van der Waals surface area contributed by atoms with Gasteiger partial charge in [0.25, 0.3) is 0 Å². The summed E-state index contributed by atoms with van der Waals surface area (Å²) in [6.45, 7) is 0. The molecular formula is C22H17BrO3. The third-order valence-electron chi connectivity index (χ3n) is 3.94. The summed E-state index contributed by atoms with van der Waals surface area (Å²) in [5, 5.41) is 0. The summed E-state index contributed by atoms with van der Waals surface area (Å²) >= 11 is 3.55. The number of rotatable bonds is 6. The summed E-state index contributed by atoms with van der Waals surface area (Å²) in [7, 11) is 0. The van der Waals surface area contributed by atoms with Gasteiger partial charge in [-0.1, -0.05) is 94.8 Å². The van der Waals surface area contributed by atoms with Crippen molar-refractivity contribution in [3.05, 3.63) is 108 Å². The normalized spacial score (nSPS) is 12.8. The van der Waals surface area contributed by atoms with E-state index < -0.39 is 16.9 Å². The lowest BCUT2D eigenvalue weighted by Crippen LogP contribution is -2.31. The van der Waals surface area contributed by atoms with Gasteiger partial charge in [-0.3, -0.25) is 4.79 Å². The number of hydrogen-bond acceptors (Lipinski definition) is 3. The number of halogens is 1. The van der Waals surface area contributed by atoms with Gasteiger partial charge in [0.05, 0.1) is 10.4 Å². The first kappa shape index (κ1) is 18.1. The van der Waals surface area contributed by atoms with Gasteiger partial charge < -0.3 is 4.74 Å². The highest BCUT2D eigenvalue weighted by molar-refractivity contribution is 9.09. The molecule has 0 heterocycles. The van der Waals surface area contributed by atoms with Gasteiger partial charge in [-0.25, -0.2) is 4.79 Å². The van der Waals surface area contributed by atoms with Crippen molar-refractivity contribution >= 4 is 27.7 Å². The van der Waals surface area contributed by atoms with Crippen LogP contribution in [0.1, 0.15) is 31.1 Å². The zero-order valence-electron chi connectivity index (χ0n) is 13.9. The highest BCUT2D eigenvalue weighted by atomic mass is 79.9. The van der Waals surface area contributed by atoms with E-state index in [1.54, 1.807) is 48.5 Å². The van der Waals surface area contributed by atoms with Gasteiger partial charge in [0.2, 0.25) is 5.78 Å². The fraction of sp³-hybridized carbons (Fsp3) is 0.0909. The van der Waals surface area contributed by atoms with E-state index in [1.165, 1.54) is 0 Å². The molecule has 0 aliphatic rings. The van der Waals surface area contributed by atoms with E-state index >= 15 is 0 Å².